The summed E-state index contributed by atoms with van der Waals surface area (Å²) in [5, 5.41) is 2.86. The van der Waals surface area contributed by atoms with Gasteiger partial charge < -0.3 is 10.3 Å². The summed E-state index contributed by atoms with van der Waals surface area (Å²) >= 11 is 0. The summed E-state index contributed by atoms with van der Waals surface area (Å²) < 4.78 is 0. The third-order valence-corrected chi connectivity index (χ3v) is 2.95. The van der Waals surface area contributed by atoms with E-state index in [4.69, 9.17) is 0 Å². The number of aromatic nitrogens is 1. The van der Waals surface area contributed by atoms with Crippen LogP contribution in [0.4, 0.5) is 5.69 Å². The van der Waals surface area contributed by atoms with Gasteiger partial charge in [-0.3, -0.25) is 9.59 Å². The van der Waals surface area contributed by atoms with Gasteiger partial charge in [0.15, 0.2) is 0 Å². The van der Waals surface area contributed by atoms with E-state index in [9.17, 15) is 9.59 Å². The fourth-order valence-corrected chi connectivity index (χ4v) is 2.15. The smallest absolute Gasteiger partial charge is 0.255 e. The molecule has 1 aromatic heterocycles. The summed E-state index contributed by atoms with van der Waals surface area (Å²) in [6.45, 7) is 5.92. The first-order valence-electron chi connectivity index (χ1n) is 6.05. The number of aryl methyl sites for hydroxylation is 3. The van der Waals surface area contributed by atoms with E-state index in [1.54, 1.807) is 6.07 Å². The van der Waals surface area contributed by atoms with Crippen LogP contribution in [0, 0.1) is 20.8 Å². The Labute approximate surface area is 111 Å². The van der Waals surface area contributed by atoms with E-state index in [0.29, 0.717) is 5.56 Å². The van der Waals surface area contributed by atoms with Crippen molar-refractivity contribution in [2.24, 2.45) is 0 Å². The molecule has 4 nitrogen and oxygen atoms in total. The fraction of sp³-hybridized carbons (Fsp3) is 0.200. The van der Waals surface area contributed by atoms with E-state index in [2.05, 4.69) is 10.3 Å². The number of H-pyrrole nitrogens is 1. The highest BCUT2D eigenvalue weighted by Crippen LogP contribution is 2.22. The van der Waals surface area contributed by atoms with Crippen molar-refractivity contribution in [3.63, 3.8) is 0 Å². The van der Waals surface area contributed by atoms with Crippen molar-refractivity contribution >= 4 is 11.6 Å². The second kappa shape index (κ2) is 5.10. The quantitative estimate of drug-likeness (QED) is 0.867. The van der Waals surface area contributed by atoms with Gasteiger partial charge in [-0.2, -0.15) is 0 Å². The number of carbonyl (C=O) groups is 1. The number of anilines is 1. The van der Waals surface area contributed by atoms with Gasteiger partial charge in [0.05, 0.1) is 0 Å². The zero-order chi connectivity index (χ0) is 14.0. The number of benzene rings is 1. The molecule has 0 spiro atoms. The molecule has 19 heavy (non-hydrogen) atoms. The lowest BCUT2D eigenvalue weighted by Gasteiger charge is -2.12. The summed E-state index contributed by atoms with van der Waals surface area (Å²) in [6, 6.07) is 6.89. The number of hydrogen-bond donors (Lipinski definition) is 2. The van der Waals surface area contributed by atoms with E-state index in [-0.39, 0.29) is 11.5 Å². The molecule has 0 fully saturated rings. The first-order valence-corrected chi connectivity index (χ1v) is 6.05. The normalized spacial score (nSPS) is 10.3. The molecule has 2 aromatic rings. The molecule has 0 unspecified atom stereocenters. The molecule has 0 atom stereocenters. The van der Waals surface area contributed by atoms with Gasteiger partial charge in [-0.15, -0.1) is 0 Å². The van der Waals surface area contributed by atoms with E-state index >= 15 is 0 Å². The van der Waals surface area contributed by atoms with Crippen molar-refractivity contribution in [2.45, 2.75) is 20.8 Å². The number of carbonyl (C=O) groups excluding carboxylic acids is 1. The Morgan fingerprint density at radius 2 is 1.74 bits per heavy atom. The standard InChI is InChI=1S/C15H16N2O2/c1-9-6-10(2)14(11(3)7-9)17-15(19)12-4-5-16-13(18)8-12/h4-8H,1-3H3,(H,16,18)(H,17,19). The maximum atomic E-state index is 12.1. The Hall–Kier alpha value is -2.36. The van der Waals surface area contributed by atoms with E-state index in [1.807, 2.05) is 32.9 Å². The van der Waals surface area contributed by atoms with Crippen LogP contribution in [0.2, 0.25) is 0 Å². The molecule has 1 aromatic carbocycles. The van der Waals surface area contributed by atoms with Crippen molar-refractivity contribution in [1.82, 2.24) is 4.98 Å². The largest absolute Gasteiger partial charge is 0.329 e. The lowest BCUT2D eigenvalue weighted by atomic mass is 10.0. The molecule has 0 aliphatic rings. The number of aromatic amines is 1. The second-order valence-electron chi connectivity index (χ2n) is 4.67. The van der Waals surface area contributed by atoms with Crippen molar-refractivity contribution in [2.75, 3.05) is 5.32 Å². The van der Waals surface area contributed by atoms with Gasteiger partial charge in [0.25, 0.3) is 5.91 Å². The molecule has 4 heteroatoms. The zero-order valence-electron chi connectivity index (χ0n) is 11.2. The van der Waals surface area contributed by atoms with Gasteiger partial charge in [0.1, 0.15) is 0 Å². The average Bonchev–Trinajstić information content (AvgIpc) is 2.33. The first kappa shape index (κ1) is 13.1. The Bertz CT molecular complexity index is 664. The topological polar surface area (TPSA) is 62.0 Å². The lowest BCUT2D eigenvalue weighted by molar-refractivity contribution is 0.102. The third-order valence-electron chi connectivity index (χ3n) is 2.95. The predicted molar refractivity (Wildman–Crippen MR) is 75.7 cm³/mol. The fourth-order valence-electron chi connectivity index (χ4n) is 2.15. The van der Waals surface area contributed by atoms with Crippen LogP contribution in [-0.2, 0) is 0 Å². The Morgan fingerprint density at radius 3 is 2.32 bits per heavy atom. The van der Waals surface area contributed by atoms with E-state index in [0.717, 1.165) is 22.4 Å². The first-order chi connectivity index (χ1) is 8.97. The van der Waals surface area contributed by atoms with Crippen LogP contribution >= 0.6 is 0 Å². The van der Waals surface area contributed by atoms with Gasteiger partial charge in [0.2, 0.25) is 5.56 Å². The molecular weight excluding hydrogens is 240 g/mol. The number of rotatable bonds is 2. The Balaban J connectivity index is 2.32. The number of hydrogen-bond acceptors (Lipinski definition) is 2. The van der Waals surface area contributed by atoms with E-state index < -0.39 is 0 Å². The molecule has 0 radical (unpaired) electrons. The third kappa shape index (κ3) is 2.91. The number of nitrogens with one attached hydrogen (secondary N) is 2. The van der Waals surface area contributed by atoms with Crippen molar-refractivity contribution in [3.8, 4) is 0 Å². The van der Waals surface area contributed by atoms with Gasteiger partial charge in [-0.1, -0.05) is 17.7 Å². The van der Waals surface area contributed by atoms with Crippen LogP contribution < -0.4 is 10.9 Å². The van der Waals surface area contributed by atoms with Gasteiger partial charge in [0, 0.05) is 23.5 Å². The summed E-state index contributed by atoms with van der Waals surface area (Å²) in [5.41, 5.74) is 4.04. The number of amides is 1. The van der Waals surface area contributed by atoms with Crippen LogP contribution in [0.25, 0.3) is 0 Å². The molecule has 0 aliphatic carbocycles. The molecule has 0 bridgehead atoms. The van der Waals surface area contributed by atoms with Crippen molar-refractivity contribution in [1.29, 1.82) is 0 Å². The Kier molecular flexibility index (Phi) is 3.51. The molecule has 0 saturated carbocycles. The van der Waals surface area contributed by atoms with Gasteiger partial charge in [-0.25, -0.2) is 0 Å². The predicted octanol–water partition coefficient (Wildman–Crippen LogP) is 2.55. The summed E-state index contributed by atoms with van der Waals surface area (Å²) in [4.78, 5) is 25.8. The minimum atomic E-state index is -0.287. The van der Waals surface area contributed by atoms with Crippen LogP contribution in [0.1, 0.15) is 27.0 Å². The summed E-state index contributed by atoms with van der Waals surface area (Å²) in [6.07, 6.45) is 1.46. The van der Waals surface area contributed by atoms with Crippen molar-refractivity contribution in [3.05, 3.63) is 63.1 Å². The SMILES string of the molecule is Cc1cc(C)c(NC(=O)c2cc[nH]c(=O)c2)c(C)c1. The molecule has 2 N–H and O–H groups in total. The molecule has 0 aliphatic heterocycles. The minimum absolute atomic E-state index is 0.277. The highest BCUT2D eigenvalue weighted by atomic mass is 16.2. The van der Waals surface area contributed by atoms with Crippen LogP contribution in [0.3, 0.4) is 0 Å². The van der Waals surface area contributed by atoms with Crippen LogP contribution in [-0.4, -0.2) is 10.9 Å². The van der Waals surface area contributed by atoms with Crippen LogP contribution in [0.5, 0.6) is 0 Å². The number of pyridine rings is 1. The van der Waals surface area contributed by atoms with Crippen molar-refractivity contribution < 1.29 is 4.79 Å². The van der Waals surface area contributed by atoms with Gasteiger partial charge in [-0.05, 0) is 38.0 Å². The maximum absolute atomic E-state index is 12.1. The molecule has 1 amide bonds. The summed E-state index contributed by atoms with van der Waals surface area (Å²) in [7, 11) is 0. The highest BCUT2D eigenvalue weighted by molar-refractivity contribution is 6.04. The lowest BCUT2D eigenvalue weighted by Crippen LogP contribution is -2.16. The molecular formula is C15H16N2O2. The molecule has 98 valence electrons. The highest BCUT2D eigenvalue weighted by Gasteiger charge is 2.10. The average molecular weight is 256 g/mol. The maximum Gasteiger partial charge on any atom is 0.255 e. The monoisotopic (exact) mass is 256 g/mol. The van der Waals surface area contributed by atoms with Crippen LogP contribution in [0.15, 0.2) is 35.3 Å². The second-order valence-corrected chi connectivity index (χ2v) is 4.67. The minimum Gasteiger partial charge on any atom is -0.329 e. The Morgan fingerprint density at radius 1 is 1.11 bits per heavy atom. The molecule has 2 rings (SSSR count). The molecule has 0 saturated heterocycles. The van der Waals surface area contributed by atoms with Gasteiger partial charge >= 0.3 is 0 Å². The summed E-state index contributed by atoms with van der Waals surface area (Å²) in [5.74, 6) is -0.277. The molecule has 1 heterocycles. The van der Waals surface area contributed by atoms with E-state index in [1.165, 1.54) is 12.3 Å². The zero-order valence-corrected chi connectivity index (χ0v) is 11.2.